The molecule has 35 heavy (non-hydrogen) atoms. The highest BCUT2D eigenvalue weighted by atomic mass is 35.5. The van der Waals surface area contributed by atoms with Gasteiger partial charge >= 0.3 is 5.97 Å². The SMILES string of the molecule is COC(=O)c1ccc(-n2cccc2[C@@H]2[C@H](c3ccccn3)NC(=S)N2c2cc(Cl)ccc2O)cc1. The topological polar surface area (TPSA) is 79.6 Å². The summed E-state index contributed by atoms with van der Waals surface area (Å²) in [5, 5.41) is 15.0. The Kier molecular flexibility index (Phi) is 6.15. The Morgan fingerprint density at radius 3 is 2.63 bits per heavy atom. The number of halogens is 1. The first-order valence-electron chi connectivity index (χ1n) is 10.8. The van der Waals surface area contributed by atoms with Gasteiger partial charge in [0.15, 0.2) is 5.11 Å². The van der Waals surface area contributed by atoms with Crippen LogP contribution < -0.4 is 10.2 Å². The second kappa shape index (κ2) is 9.40. The van der Waals surface area contributed by atoms with E-state index in [0.717, 1.165) is 17.1 Å². The molecular weight excluding hydrogens is 484 g/mol. The maximum Gasteiger partial charge on any atom is 0.337 e. The second-order valence-electron chi connectivity index (χ2n) is 7.97. The quantitative estimate of drug-likeness (QED) is 0.286. The number of rotatable bonds is 5. The fourth-order valence-corrected chi connectivity index (χ4v) is 4.86. The van der Waals surface area contributed by atoms with Crippen LogP contribution >= 0.6 is 23.8 Å². The average Bonchev–Trinajstić information content (AvgIpc) is 3.50. The number of phenols is 1. The van der Waals surface area contributed by atoms with Crippen molar-refractivity contribution in [3.63, 3.8) is 0 Å². The molecule has 1 aliphatic heterocycles. The van der Waals surface area contributed by atoms with Crippen molar-refractivity contribution in [1.29, 1.82) is 0 Å². The minimum atomic E-state index is -0.396. The van der Waals surface area contributed by atoms with E-state index in [0.29, 0.717) is 21.4 Å². The van der Waals surface area contributed by atoms with Crippen LogP contribution in [0.25, 0.3) is 5.69 Å². The van der Waals surface area contributed by atoms with Crippen LogP contribution in [0.2, 0.25) is 5.02 Å². The zero-order valence-electron chi connectivity index (χ0n) is 18.6. The van der Waals surface area contributed by atoms with Crippen LogP contribution in [0, 0.1) is 0 Å². The van der Waals surface area contributed by atoms with Gasteiger partial charge in [-0.15, -0.1) is 0 Å². The van der Waals surface area contributed by atoms with E-state index in [1.54, 1.807) is 36.5 Å². The Morgan fingerprint density at radius 2 is 1.91 bits per heavy atom. The fraction of sp³-hybridized carbons (Fsp3) is 0.115. The highest BCUT2D eigenvalue weighted by Crippen LogP contribution is 2.45. The molecule has 0 radical (unpaired) electrons. The summed E-state index contributed by atoms with van der Waals surface area (Å²) in [6.07, 6.45) is 3.68. The van der Waals surface area contributed by atoms with Crippen LogP contribution in [0.4, 0.5) is 5.69 Å². The number of methoxy groups -OCH3 is 1. The summed E-state index contributed by atoms with van der Waals surface area (Å²) in [6.45, 7) is 0. The van der Waals surface area contributed by atoms with E-state index in [2.05, 4.69) is 10.3 Å². The smallest absolute Gasteiger partial charge is 0.337 e. The number of hydrogen-bond donors (Lipinski definition) is 2. The van der Waals surface area contributed by atoms with Crippen LogP contribution in [0.3, 0.4) is 0 Å². The molecule has 0 aliphatic carbocycles. The van der Waals surface area contributed by atoms with Crippen molar-refractivity contribution in [3.05, 3.63) is 107 Å². The Labute approximate surface area is 212 Å². The number of pyridine rings is 1. The van der Waals surface area contributed by atoms with Crippen LogP contribution in [0.1, 0.15) is 33.8 Å². The molecule has 0 bridgehead atoms. The third-order valence-corrected chi connectivity index (χ3v) is 6.49. The van der Waals surface area contributed by atoms with Gasteiger partial charge in [0.1, 0.15) is 11.8 Å². The zero-order chi connectivity index (χ0) is 24.5. The van der Waals surface area contributed by atoms with E-state index in [1.165, 1.54) is 7.11 Å². The molecule has 0 saturated carbocycles. The van der Waals surface area contributed by atoms with Gasteiger partial charge in [-0.3, -0.25) is 4.98 Å². The molecule has 2 N–H and O–H groups in total. The summed E-state index contributed by atoms with van der Waals surface area (Å²) in [5.41, 5.74) is 3.51. The number of aromatic nitrogens is 2. The van der Waals surface area contributed by atoms with Gasteiger partial charge in [0.2, 0.25) is 0 Å². The molecule has 176 valence electrons. The number of carbonyl (C=O) groups is 1. The summed E-state index contributed by atoms with van der Waals surface area (Å²) in [7, 11) is 1.36. The standard InChI is InChI=1S/C26H21ClN4O3S/c1-34-25(33)16-7-10-18(11-8-16)30-14-4-6-20(30)24-23(19-5-2-3-13-28-19)29-26(35)31(24)21-15-17(27)9-12-22(21)32/h2-15,23-24,32H,1H3,(H,29,35)/t23-,24+/m0/s1. The minimum absolute atomic E-state index is 0.0609. The number of esters is 1. The highest BCUT2D eigenvalue weighted by molar-refractivity contribution is 7.80. The number of aromatic hydroxyl groups is 1. The fourth-order valence-electron chi connectivity index (χ4n) is 4.35. The van der Waals surface area contributed by atoms with E-state index < -0.39 is 5.97 Å². The van der Waals surface area contributed by atoms with Crippen molar-refractivity contribution in [2.45, 2.75) is 12.1 Å². The van der Waals surface area contributed by atoms with E-state index >= 15 is 0 Å². The van der Waals surface area contributed by atoms with Crippen LogP contribution in [-0.4, -0.2) is 32.8 Å². The molecule has 5 rings (SSSR count). The van der Waals surface area contributed by atoms with Crippen LogP contribution in [0.5, 0.6) is 5.75 Å². The normalized spacial score (nSPS) is 17.3. The van der Waals surface area contributed by atoms with Crippen molar-refractivity contribution in [3.8, 4) is 11.4 Å². The average molecular weight is 505 g/mol. The number of carbonyl (C=O) groups excluding carboxylic acids is 1. The molecule has 3 heterocycles. The first-order valence-corrected chi connectivity index (χ1v) is 11.6. The summed E-state index contributed by atoms with van der Waals surface area (Å²) >= 11 is 12.0. The van der Waals surface area contributed by atoms with Gasteiger partial charge in [-0.05, 0) is 78.9 Å². The van der Waals surface area contributed by atoms with Crippen molar-refractivity contribution >= 4 is 40.6 Å². The molecule has 2 atom stereocenters. The molecule has 0 amide bonds. The Bertz CT molecular complexity index is 1390. The lowest BCUT2D eigenvalue weighted by Gasteiger charge is -2.29. The van der Waals surface area contributed by atoms with Gasteiger partial charge in [0.25, 0.3) is 0 Å². The Balaban J connectivity index is 1.64. The van der Waals surface area contributed by atoms with Gasteiger partial charge in [0.05, 0.1) is 30.1 Å². The number of anilines is 1. The van der Waals surface area contributed by atoms with Gasteiger partial charge in [-0.2, -0.15) is 0 Å². The molecule has 1 aliphatic rings. The minimum Gasteiger partial charge on any atom is -0.506 e. The molecule has 9 heteroatoms. The summed E-state index contributed by atoms with van der Waals surface area (Å²) in [6, 6.07) is 21.0. The number of thiocarbonyl (C=S) groups is 1. The van der Waals surface area contributed by atoms with Crippen molar-refractivity contribution in [2.75, 3.05) is 12.0 Å². The van der Waals surface area contributed by atoms with E-state index in [1.807, 2.05) is 58.1 Å². The number of hydrogen-bond acceptors (Lipinski definition) is 5. The van der Waals surface area contributed by atoms with Crippen molar-refractivity contribution < 1.29 is 14.6 Å². The summed E-state index contributed by atoms with van der Waals surface area (Å²) < 4.78 is 6.83. The summed E-state index contributed by atoms with van der Waals surface area (Å²) in [5.74, 6) is -0.335. The largest absolute Gasteiger partial charge is 0.506 e. The number of nitrogens with zero attached hydrogens (tertiary/aromatic N) is 3. The number of nitrogens with one attached hydrogen (secondary N) is 1. The molecule has 0 spiro atoms. The maximum atomic E-state index is 11.9. The lowest BCUT2D eigenvalue weighted by molar-refractivity contribution is 0.0600. The molecule has 2 aromatic heterocycles. The summed E-state index contributed by atoms with van der Waals surface area (Å²) in [4.78, 5) is 18.3. The first-order chi connectivity index (χ1) is 17.0. The van der Waals surface area contributed by atoms with Gasteiger partial charge in [0, 0.05) is 28.8 Å². The van der Waals surface area contributed by atoms with Gasteiger partial charge in [-0.25, -0.2) is 4.79 Å². The third kappa shape index (κ3) is 4.22. The second-order valence-corrected chi connectivity index (χ2v) is 8.79. The van der Waals surface area contributed by atoms with Crippen LogP contribution in [0.15, 0.2) is 85.2 Å². The number of ether oxygens (including phenoxy) is 1. The molecular formula is C26H21ClN4O3S. The van der Waals surface area contributed by atoms with Crippen LogP contribution in [-0.2, 0) is 4.74 Å². The molecule has 1 fully saturated rings. The lowest BCUT2D eigenvalue weighted by Crippen LogP contribution is -2.30. The Morgan fingerprint density at radius 1 is 1.11 bits per heavy atom. The maximum absolute atomic E-state index is 11.9. The van der Waals surface area contributed by atoms with Crippen molar-refractivity contribution in [2.24, 2.45) is 0 Å². The number of phenolic OH excluding ortho intramolecular Hbond substituents is 1. The van der Waals surface area contributed by atoms with Gasteiger partial charge in [-0.1, -0.05) is 17.7 Å². The van der Waals surface area contributed by atoms with Crippen molar-refractivity contribution in [1.82, 2.24) is 14.9 Å². The Hall–Kier alpha value is -3.88. The third-order valence-electron chi connectivity index (χ3n) is 5.94. The predicted octanol–water partition coefficient (Wildman–Crippen LogP) is 5.20. The molecule has 4 aromatic rings. The molecule has 7 nitrogen and oxygen atoms in total. The monoisotopic (exact) mass is 504 g/mol. The zero-order valence-corrected chi connectivity index (χ0v) is 20.2. The van der Waals surface area contributed by atoms with E-state index in [-0.39, 0.29) is 17.8 Å². The molecule has 0 unspecified atom stereocenters. The van der Waals surface area contributed by atoms with Gasteiger partial charge < -0.3 is 24.6 Å². The number of benzene rings is 2. The first kappa shape index (κ1) is 22.9. The van der Waals surface area contributed by atoms with E-state index in [4.69, 9.17) is 28.6 Å². The lowest BCUT2D eigenvalue weighted by atomic mass is 10.0. The molecule has 1 saturated heterocycles. The highest BCUT2D eigenvalue weighted by Gasteiger charge is 2.43. The predicted molar refractivity (Wildman–Crippen MR) is 138 cm³/mol. The molecule has 2 aromatic carbocycles. The van der Waals surface area contributed by atoms with E-state index in [9.17, 15) is 9.90 Å².